The lowest BCUT2D eigenvalue weighted by atomic mass is 9.81. The van der Waals surface area contributed by atoms with E-state index in [4.69, 9.17) is 0 Å². The molecule has 1 saturated heterocycles. The van der Waals surface area contributed by atoms with Crippen LogP contribution in [0.3, 0.4) is 0 Å². The summed E-state index contributed by atoms with van der Waals surface area (Å²) in [6.45, 7) is 2.95. The Balaban J connectivity index is 0.00000176. The third-order valence-corrected chi connectivity index (χ3v) is 5.09. The highest BCUT2D eigenvalue weighted by Crippen LogP contribution is 2.33. The van der Waals surface area contributed by atoms with E-state index in [1.165, 1.54) is 11.1 Å². The summed E-state index contributed by atoms with van der Waals surface area (Å²) in [7, 11) is 2.01. The summed E-state index contributed by atoms with van der Waals surface area (Å²) in [6, 6.07) is 8.51. The summed E-state index contributed by atoms with van der Waals surface area (Å²) in [5.74, 6) is 1.21. The fourth-order valence-corrected chi connectivity index (χ4v) is 3.88. The van der Waals surface area contributed by atoms with Crippen LogP contribution in [0.4, 0.5) is 0 Å². The Kier molecular flexibility index (Phi) is 6.27. The molecule has 0 radical (unpaired) electrons. The molecule has 122 valence electrons. The van der Waals surface area contributed by atoms with Gasteiger partial charge in [-0.1, -0.05) is 24.3 Å². The van der Waals surface area contributed by atoms with Gasteiger partial charge in [0.15, 0.2) is 0 Å². The van der Waals surface area contributed by atoms with Crippen molar-refractivity contribution in [3.05, 3.63) is 35.4 Å². The van der Waals surface area contributed by atoms with Gasteiger partial charge in [0.25, 0.3) is 0 Å². The van der Waals surface area contributed by atoms with Gasteiger partial charge in [0, 0.05) is 13.1 Å². The van der Waals surface area contributed by atoms with Crippen LogP contribution in [0.25, 0.3) is 0 Å². The van der Waals surface area contributed by atoms with E-state index in [9.17, 15) is 4.79 Å². The average Bonchev–Trinajstić information content (AvgIpc) is 2.55. The molecule has 1 aromatic rings. The van der Waals surface area contributed by atoms with Gasteiger partial charge in [-0.2, -0.15) is 0 Å². The number of nitrogens with zero attached hydrogens (tertiary/aromatic N) is 1. The number of halogens is 1. The van der Waals surface area contributed by atoms with Crippen molar-refractivity contribution >= 4 is 18.3 Å². The number of benzene rings is 1. The number of carbonyl (C=O) groups excluding carboxylic acids is 1. The van der Waals surface area contributed by atoms with E-state index in [2.05, 4.69) is 34.5 Å². The van der Waals surface area contributed by atoms with Crippen LogP contribution < -0.4 is 5.32 Å². The molecule has 1 N–H and O–H groups in total. The Bertz CT molecular complexity index is 498. The van der Waals surface area contributed by atoms with E-state index in [0.29, 0.717) is 5.91 Å². The Labute approximate surface area is 139 Å². The number of likely N-dealkylation sites (tertiary alicyclic amines) is 1. The third-order valence-electron chi connectivity index (χ3n) is 5.09. The number of carbonyl (C=O) groups is 1. The molecule has 4 heteroatoms. The first-order chi connectivity index (χ1) is 10.3. The molecule has 2 aliphatic rings. The molecule has 1 heterocycles. The monoisotopic (exact) mass is 322 g/mol. The second kappa shape index (κ2) is 7.98. The first kappa shape index (κ1) is 17.3. The Morgan fingerprint density at radius 3 is 2.68 bits per heavy atom. The Morgan fingerprint density at radius 2 is 1.95 bits per heavy atom. The van der Waals surface area contributed by atoms with Crippen molar-refractivity contribution in [2.24, 2.45) is 5.92 Å². The third kappa shape index (κ3) is 3.64. The molecule has 1 aliphatic carbocycles. The fourth-order valence-electron chi connectivity index (χ4n) is 3.88. The minimum absolute atomic E-state index is 0. The van der Waals surface area contributed by atoms with E-state index in [1.807, 2.05) is 7.05 Å². The van der Waals surface area contributed by atoms with Crippen molar-refractivity contribution < 1.29 is 4.79 Å². The molecule has 1 atom stereocenters. The van der Waals surface area contributed by atoms with Crippen molar-refractivity contribution in [1.29, 1.82) is 0 Å². The highest BCUT2D eigenvalue weighted by Gasteiger charge is 2.31. The summed E-state index contributed by atoms with van der Waals surface area (Å²) in [4.78, 5) is 15.0. The maximum Gasteiger partial charge on any atom is 0.230 e. The van der Waals surface area contributed by atoms with Crippen LogP contribution in [0, 0.1) is 5.92 Å². The lowest BCUT2D eigenvalue weighted by Crippen LogP contribution is -2.43. The largest absolute Gasteiger partial charge is 0.342 e. The molecule has 0 aromatic heterocycles. The maximum absolute atomic E-state index is 12.9. The molecular weight excluding hydrogens is 296 g/mol. The number of rotatable bonds is 3. The number of piperidine rings is 1. The first-order valence-electron chi connectivity index (χ1n) is 8.30. The standard InChI is InChI=1S/C18H26N2O.ClH/c1-19-13-14-9-11-20(12-10-14)18(21)17-8-4-6-15-5-2-3-7-16(15)17;/h2-3,5,7,14,17,19H,4,6,8-13H2,1H3;1H. The molecule has 0 saturated carbocycles. The minimum atomic E-state index is 0. The molecular formula is C18H27ClN2O. The predicted molar refractivity (Wildman–Crippen MR) is 92.6 cm³/mol. The van der Waals surface area contributed by atoms with Crippen molar-refractivity contribution in [1.82, 2.24) is 10.2 Å². The van der Waals surface area contributed by atoms with Crippen molar-refractivity contribution in [2.75, 3.05) is 26.7 Å². The molecule has 1 unspecified atom stereocenters. The molecule has 1 fully saturated rings. The van der Waals surface area contributed by atoms with Gasteiger partial charge in [-0.3, -0.25) is 4.79 Å². The Morgan fingerprint density at radius 1 is 1.23 bits per heavy atom. The number of amides is 1. The zero-order valence-corrected chi connectivity index (χ0v) is 14.2. The molecule has 1 aliphatic heterocycles. The van der Waals surface area contributed by atoms with Gasteiger partial charge in [0.2, 0.25) is 5.91 Å². The molecule has 3 rings (SSSR count). The number of hydrogen-bond acceptors (Lipinski definition) is 2. The second-order valence-corrected chi connectivity index (χ2v) is 6.47. The van der Waals surface area contributed by atoms with Crippen LogP contribution in [-0.2, 0) is 11.2 Å². The number of fused-ring (bicyclic) bond motifs is 1. The van der Waals surface area contributed by atoms with Gasteiger partial charge >= 0.3 is 0 Å². The highest BCUT2D eigenvalue weighted by molar-refractivity contribution is 5.85. The average molecular weight is 323 g/mol. The molecule has 0 spiro atoms. The van der Waals surface area contributed by atoms with E-state index in [-0.39, 0.29) is 18.3 Å². The quantitative estimate of drug-likeness (QED) is 0.928. The highest BCUT2D eigenvalue weighted by atomic mass is 35.5. The van der Waals surface area contributed by atoms with Gasteiger partial charge in [-0.05, 0) is 62.7 Å². The minimum Gasteiger partial charge on any atom is -0.342 e. The van der Waals surface area contributed by atoms with E-state index >= 15 is 0 Å². The maximum atomic E-state index is 12.9. The predicted octanol–water partition coefficient (Wildman–Crippen LogP) is 2.99. The summed E-state index contributed by atoms with van der Waals surface area (Å²) in [6.07, 6.45) is 5.57. The van der Waals surface area contributed by atoms with E-state index in [0.717, 1.165) is 57.7 Å². The van der Waals surface area contributed by atoms with Crippen LogP contribution in [-0.4, -0.2) is 37.5 Å². The lowest BCUT2D eigenvalue weighted by Gasteiger charge is -2.35. The van der Waals surface area contributed by atoms with Crippen molar-refractivity contribution in [3.63, 3.8) is 0 Å². The number of hydrogen-bond donors (Lipinski definition) is 1. The molecule has 3 nitrogen and oxygen atoms in total. The van der Waals surface area contributed by atoms with Crippen LogP contribution in [0.5, 0.6) is 0 Å². The zero-order chi connectivity index (χ0) is 14.7. The van der Waals surface area contributed by atoms with Gasteiger partial charge in [0.05, 0.1) is 5.92 Å². The lowest BCUT2D eigenvalue weighted by molar-refractivity contribution is -0.134. The number of nitrogens with one attached hydrogen (secondary N) is 1. The number of aryl methyl sites for hydroxylation is 1. The molecule has 22 heavy (non-hydrogen) atoms. The molecule has 1 amide bonds. The first-order valence-corrected chi connectivity index (χ1v) is 8.30. The zero-order valence-electron chi connectivity index (χ0n) is 13.4. The summed E-state index contributed by atoms with van der Waals surface area (Å²) >= 11 is 0. The second-order valence-electron chi connectivity index (χ2n) is 6.47. The van der Waals surface area contributed by atoms with Gasteiger partial charge < -0.3 is 10.2 Å². The summed E-state index contributed by atoms with van der Waals surface area (Å²) in [5, 5.41) is 3.25. The fraction of sp³-hybridized carbons (Fsp3) is 0.611. The van der Waals surface area contributed by atoms with Gasteiger partial charge in [0.1, 0.15) is 0 Å². The van der Waals surface area contributed by atoms with E-state index < -0.39 is 0 Å². The molecule has 0 bridgehead atoms. The van der Waals surface area contributed by atoms with Crippen LogP contribution in [0.2, 0.25) is 0 Å². The van der Waals surface area contributed by atoms with Crippen LogP contribution in [0.15, 0.2) is 24.3 Å². The topological polar surface area (TPSA) is 32.3 Å². The van der Waals surface area contributed by atoms with Crippen LogP contribution in [0.1, 0.15) is 42.7 Å². The SMILES string of the molecule is CNCC1CCN(C(=O)C2CCCc3ccccc32)CC1.Cl. The summed E-state index contributed by atoms with van der Waals surface area (Å²) in [5.41, 5.74) is 2.67. The van der Waals surface area contributed by atoms with Crippen molar-refractivity contribution in [3.8, 4) is 0 Å². The van der Waals surface area contributed by atoms with E-state index in [1.54, 1.807) is 0 Å². The molecule has 1 aromatic carbocycles. The normalized spacial score (nSPS) is 21.9. The smallest absolute Gasteiger partial charge is 0.230 e. The van der Waals surface area contributed by atoms with Gasteiger partial charge in [-0.15, -0.1) is 12.4 Å². The summed E-state index contributed by atoms with van der Waals surface area (Å²) < 4.78 is 0. The Hall–Kier alpha value is -1.06. The van der Waals surface area contributed by atoms with Gasteiger partial charge in [-0.25, -0.2) is 0 Å². The van der Waals surface area contributed by atoms with Crippen LogP contribution >= 0.6 is 12.4 Å². The van der Waals surface area contributed by atoms with Crippen molar-refractivity contribution in [2.45, 2.75) is 38.0 Å².